The van der Waals surface area contributed by atoms with Gasteiger partial charge in [-0.2, -0.15) is 0 Å². The zero-order valence-corrected chi connectivity index (χ0v) is 12.9. The first kappa shape index (κ1) is 16.0. The Labute approximate surface area is 133 Å². The third kappa shape index (κ3) is 4.56. The number of amides is 1. The number of carbonyl (C=O) groups is 1. The van der Waals surface area contributed by atoms with Gasteiger partial charge in [0.2, 0.25) is 5.91 Å². The van der Waals surface area contributed by atoms with Crippen LogP contribution in [-0.4, -0.2) is 22.0 Å². The number of nitrogens with one attached hydrogen (secondary N) is 1. The average Bonchev–Trinajstić information content (AvgIpc) is 2.49. The molecule has 0 saturated heterocycles. The van der Waals surface area contributed by atoms with Crippen molar-refractivity contribution in [2.75, 3.05) is 6.54 Å². The summed E-state index contributed by atoms with van der Waals surface area (Å²) in [4.78, 5) is 27.4. The molecule has 0 atom stereocenters. The van der Waals surface area contributed by atoms with E-state index in [1.807, 2.05) is 18.2 Å². The number of hydrogen-bond acceptors (Lipinski definition) is 3. The summed E-state index contributed by atoms with van der Waals surface area (Å²) < 4.78 is 1.45. The van der Waals surface area contributed by atoms with Crippen LogP contribution in [0.25, 0.3) is 6.08 Å². The van der Waals surface area contributed by atoms with Gasteiger partial charge in [-0.3, -0.25) is 14.2 Å². The molecule has 22 heavy (non-hydrogen) atoms. The first-order valence-electron chi connectivity index (χ1n) is 6.80. The van der Waals surface area contributed by atoms with Crippen LogP contribution in [0.15, 0.2) is 47.5 Å². The highest BCUT2D eigenvalue weighted by molar-refractivity contribution is 6.32. The number of carbonyl (C=O) groups excluding carboxylic acids is 1. The number of halogens is 1. The van der Waals surface area contributed by atoms with Gasteiger partial charge in [0.1, 0.15) is 0 Å². The van der Waals surface area contributed by atoms with Crippen LogP contribution in [0.1, 0.15) is 11.3 Å². The molecular formula is C16H16ClN3O2. The van der Waals surface area contributed by atoms with Crippen LogP contribution in [-0.2, 0) is 11.3 Å². The summed E-state index contributed by atoms with van der Waals surface area (Å²) >= 11 is 5.99. The molecule has 2 aromatic rings. The summed E-state index contributed by atoms with van der Waals surface area (Å²) in [6.07, 6.45) is 4.54. The fourth-order valence-corrected chi connectivity index (χ4v) is 2.02. The highest BCUT2D eigenvalue weighted by Crippen LogP contribution is 2.15. The van der Waals surface area contributed by atoms with Crippen molar-refractivity contribution in [1.82, 2.24) is 14.9 Å². The molecule has 1 amide bonds. The maximum Gasteiger partial charge on any atom is 0.253 e. The lowest BCUT2D eigenvalue weighted by atomic mass is 10.2. The van der Waals surface area contributed by atoms with Gasteiger partial charge in [0.15, 0.2) is 0 Å². The first-order valence-corrected chi connectivity index (χ1v) is 7.17. The Bertz CT molecular complexity index is 753. The molecule has 0 spiro atoms. The average molecular weight is 318 g/mol. The van der Waals surface area contributed by atoms with E-state index in [4.69, 9.17) is 11.6 Å². The van der Waals surface area contributed by atoms with Crippen molar-refractivity contribution in [3.8, 4) is 0 Å². The normalized spacial score (nSPS) is 10.8. The van der Waals surface area contributed by atoms with Crippen molar-refractivity contribution in [2.45, 2.75) is 13.5 Å². The maximum absolute atomic E-state index is 11.7. The molecule has 0 unspecified atom stereocenters. The monoisotopic (exact) mass is 317 g/mol. The largest absolute Gasteiger partial charge is 0.351 e. The molecule has 0 fully saturated rings. The zero-order valence-electron chi connectivity index (χ0n) is 12.1. The standard InChI is InChI=1S/C16H16ClN3O2/c1-12-10-16(22)20(11-19-12)9-8-18-15(21)7-6-13-4-2-3-5-14(13)17/h2-7,10-11H,8-9H2,1H3,(H,18,21)/b7-6+. The van der Waals surface area contributed by atoms with Gasteiger partial charge >= 0.3 is 0 Å². The topological polar surface area (TPSA) is 64.0 Å². The van der Waals surface area contributed by atoms with Crippen LogP contribution in [0, 0.1) is 6.92 Å². The molecule has 0 aliphatic carbocycles. The maximum atomic E-state index is 11.7. The quantitative estimate of drug-likeness (QED) is 0.858. The molecule has 0 saturated carbocycles. The summed E-state index contributed by atoms with van der Waals surface area (Å²) in [6.45, 7) is 2.47. The minimum Gasteiger partial charge on any atom is -0.351 e. The van der Waals surface area contributed by atoms with Crippen molar-refractivity contribution in [3.63, 3.8) is 0 Å². The van der Waals surface area contributed by atoms with E-state index in [9.17, 15) is 9.59 Å². The van der Waals surface area contributed by atoms with Gasteiger partial charge in [-0.25, -0.2) is 4.98 Å². The zero-order chi connectivity index (χ0) is 15.9. The van der Waals surface area contributed by atoms with E-state index in [2.05, 4.69) is 10.3 Å². The number of aryl methyl sites for hydroxylation is 1. The Balaban J connectivity index is 1.86. The Kier molecular flexibility index (Phi) is 5.49. The van der Waals surface area contributed by atoms with Gasteiger partial charge in [-0.1, -0.05) is 29.8 Å². The third-order valence-corrected chi connectivity index (χ3v) is 3.33. The van der Waals surface area contributed by atoms with E-state index in [-0.39, 0.29) is 11.5 Å². The Hall–Kier alpha value is -2.40. The summed E-state index contributed by atoms with van der Waals surface area (Å²) in [6, 6.07) is 8.71. The summed E-state index contributed by atoms with van der Waals surface area (Å²) in [5, 5.41) is 3.29. The fourth-order valence-electron chi connectivity index (χ4n) is 1.82. The van der Waals surface area contributed by atoms with Crippen molar-refractivity contribution in [3.05, 3.63) is 69.4 Å². The fraction of sp³-hybridized carbons (Fsp3) is 0.188. The lowest BCUT2D eigenvalue weighted by Crippen LogP contribution is -2.29. The predicted octanol–water partition coefficient (Wildman–Crippen LogP) is 2.03. The smallest absolute Gasteiger partial charge is 0.253 e. The van der Waals surface area contributed by atoms with Gasteiger partial charge in [-0.05, 0) is 24.6 Å². The van der Waals surface area contributed by atoms with Gasteiger partial charge < -0.3 is 5.32 Å². The van der Waals surface area contributed by atoms with Crippen LogP contribution in [0.4, 0.5) is 0 Å². The molecule has 0 radical (unpaired) electrons. The van der Waals surface area contributed by atoms with Gasteiger partial charge in [-0.15, -0.1) is 0 Å². The number of aromatic nitrogens is 2. The van der Waals surface area contributed by atoms with Gasteiger partial charge in [0.05, 0.1) is 6.33 Å². The van der Waals surface area contributed by atoms with E-state index >= 15 is 0 Å². The first-order chi connectivity index (χ1) is 10.6. The minimum absolute atomic E-state index is 0.131. The number of hydrogen-bond donors (Lipinski definition) is 1. The number of rotatable bonds is 5. The molecule has 1 aromatic carbocycles. The second-order valence-corrected chi connectivity index (χ2v) is 5.11. The second-order valence-electron chi connectivity index (χ2n) is 4.71. The van der Waals surface area contributed by atoms with Crippen molar-refractivity contribution >= 4 is 23.6 Å². The van der Waals surface area contributed by atoms with Gasteiger partial charge in [0, 0.05) is 35.9 Å². The molecule has 0 bridgehead atoms. The van der Waals surface area contributed by atoms with Crippen LogP contribution < -0.4 is 10.9 Å². The minimum atomic E-state index is -0.243. The Morgan fingerprint density at radius 2 is 2.18 bits per heavy atom. The lowest BCUT2D eigenvalue weighted by Gasteiger charge is -2.05. The van der Waals surface area contributed by atoms with Crippen LogP contribution in [0.5, 0.6) is 0 Å². The van der Waals surface area contributed by atoms with Crippen LogP contribution >= 0.6 is 11.6 Å². The highest BCUT2D eigenvalue weighted by Gasteiger charge is 2.00. The molecule has 1 aromatic heterocycles. The Morgan fingerprint density at radius 3 is 2.91 bits per heavy atom. The van der Waals surface area contributed by atoms with Crippen molar-refractivity contribution in [2.24, 2.45) is 0 Å². The molecule has 1 heterocycles. The van der Waals surface area contributed by atoms with Crippen molar-refractivity contribution in [1.29, 1.82) is 0 Å². The summed E-state index contributed by atoms with van der Waals surface area (Å²) in [7, 11) is 0. The Morgan fingerprint density at radius 1 is 1.41 bits per heavy atom. The third-order valence-electron chi connectivity index (χ3n) is 2.99. The molecule has 2 rings (SSSR count). The van der Waals surface area contributed by atoms with E-state index in [1.165, 1.54) is 23.0 Å². The SMILES string of the molecule is Cc1cc(=O)n(CCNC(=O)/C=C/c2ccccc2Cl)cn1. The number of benzene rings is 1. The molecule has 5 nitrogen and oxygen atoms in total. The summed E-state index contributed by atoms with van der Waals surface area (Å²) in [5.74, 6) is -0.243. The molecule has 6 heteroatoms. The van der Waals surface area contributed by atoms with E-state index in [1.54, 1.807) is 19.1 Å². The molecule has 0 aliphatic rings. The molecule has 114 valence electrons. The molecule has 1 N–H and O–H groups in total. The second kappa shape index (κ2) is 7.56. The van der Waals surface area contributed by atoms with E-state index in [0.29, 0.717) is 23.8 Å². The summed E-state index contributed by atoms with van der Waals surface area (Å²) in [5.41, 5.74) is 1.32. The van der Waals surface area contributed by atoms with Crippen LogP contribution in [0.2, 0.25) is 5.02 Å². The van der Waals surface area contributed by atoms with E-state index < -0.39 is 0 Å². The van der Waals surface area contributed by atoms with E-state index in [0.717, 1.165) is 5.56 Å². The van der Waals surface area contributed by atoms with Gasteiger partial charge in [0.25, 0.3) is 5.56 Å². The van der Waals surface area contributed by atoms with Crippen molar-refractivity contribution < 1.29 is 4.79 Å². The number of nitrogens with zero attached hydrogens (tertiary/aromatic N) is 2. The van der Waals surface area contributed by atoms with Crippen LogP contribution in [0.3, 0.4) is 0 Å². The lowest BCUT2D eigenvalue weighted by molar-refractivity contribution is -0.116. The molecule has 0 aliphatic heterocycles. The highest BCUT2D eigenvalue weighted by atomic mass is 35.5. The molecular weight excluding hydrogens is 302 g/mol. The predicted molar refractivity (Wildman–Crippen MR) is 86.7 cm³/mol.